The summed E-state index contributed by atoms with van der Waals surface area (Å²) in [6.45, 7) is 3.87. The first-order chi connectivity index (χ1) is 8.43. The van der Waals surface area contributed by atoms with E-state index in [1.54, 1.807) is 0 Å². The van der Waals surface area contributed by atoms with Crippen molar-refractivity contribution in [3.8, 4) is 5.75 Å². The third-order valence-electron chi connectivity index (χ3n) is 3.27. The average Bonchev–Trinajstić information content (AvgIpc) is 2.52. The fourth-order valence-corrected chi connectivity index (χ4v) is 2.65. The molecule has 0 saturated carbocycles. The maximum Gasteiger partial charge on any atom is 0.436 e. The smallest absolute Gasteiger partial charge is 0.436 e. The highest BCUT2D eigenvalue weighted by Crippen LogP contribution is 2.47. The Morgan fingerprint density at radius 3 is 2.67 bits per heavy atom. The first-order valence-electron chi connectivity index (χ1n) is 5.79. The molecule has 2 aliphatic heterocycles. The minimum atomic E-state index is -0.977. The SMILES string of the molecule is CC1(C)CC2(OC(=O)N=C2N)c2ccccc2O1. The normalized spacial score (nSPS) is 28.3. The summed E-state index contributed by atoms with van der Waals surface area (Å²) in [5.41, 5.74) is 5.23. The van der Waals surface area contributed by atoms with Crippen molar-refractivity contribution in [3.63, 3.8) is 0 Å². The second-order valence-electron chi connectivity index (χ2n) is 5.23. The van der Waals surface area contributed by atoms with Crippen LogP contribution in [-0.4, -0.2) is 17.5 Å². The lowest BCUT2D eigenvalue weighted by molar-refractivity contribution is -0.0220. The lowest BCUT2D eigenvalue weighted by Crippen LogP contribution is -2.50. The molecule has 1 atom stereocenters. The monoisotopic (exact) mass is 246 g/mol. The van der Waals surface area contributed by atoms with E-state index in [4.69, 9.17) is 15.2 Å². The number of amides is 1. The zero-order chi connectivity index (χ0) is 13.0. The van der Waals surface area contributed by atoms with E-state index in [9.17, 15) is 4.79 Å². The van der Waals surface area contributed by atoms with Crippen LogP contribution in [0.25, 0.3) is 0 Å². The van der Waals surface area contributed by atoms with Gasteiger partial charge in [0.05, 0.1) is 0 Å². The number of ether oxygens (including phenoxy) is 2. The van der Waals surface area contributed by atoms with Crippen LogP contribution in [0.15, 0.2) is 29.3 Å². The van der Waals surface area contributed by atoms with Crippen molar-refractivity contribution < 1.29 is 14.3 Å². The molecular formula is C13H14N2O3. The standard InChI is InChI=1S/C13H14N2O3/c1-12(2)7-13(10(14)15-11(16)18-13)8-5-3-4-6-9(8)17-12/h3-6H,7H2,1-2H3,(H2,14,15,16). The molecule has 0 fully saturated rings. The number of hydrogen-bond donors (Lipinski definition) is 1. The number of fused-ring (bicyclic) bond motifs is 2. The zero-order valence-electron chi connectivity index (χ0n) is 10.3. The van der Waals surface area contributed by atoms with Gasteiger partial charge in [-0.1, -0.05) is 18.2 Å². The van der Waals surface area contributed by atoms with E-state index in [2.05, 4.69) is 4.99 Å². The van der Waals surface area contributed by atoms with Gasteiger partial charge in [-0.3, -0.25) is 0 Å². The summed E-state index contributed by atoms with van der Waals surface area (Å²) in [7, 11) is 0. The summed E-state index contributed by atoms with van der Waals surface area (Å²) in [5, 5.41) is 0. The molecule has 1 aromatic carbocycles. The van der Waals surface area contributed by atoms with Crippen LogP contribution >= 0.6 is 0 Å². The van der Waals surface area contributed by atoms with Crippen LogP contribution in [0.5, 0.6) is 5.75 Å². The molecule has 94 valence electrons. The maximum absolute atomic E-state index is 11.4. The number of benzene rings is 1. The molecule has 2 N–H and O–H groups in total. The Hall–Kier alpha value is -2.04. The summed E-state index contributed by atoms with van der Waals surface area (Å²) in [4.78, 5) is 15.1. The van der Waals surface area contributed by atoms with E-state index in [-0.39, 0.29) is 5.84 Å². The number of amidine groups is 1. The molecule has 2 heterocycles. The van der Waals surface area contributed by atoms with Gasteiger partial charge in [-0.25, -0.2) is 4.79 Å². The molecule has 0 aromatic heterocycles. The summed E-state index contributed by atoms with van der Waals surface area (Å²) < 4.78 is 11.3. The third kappa shape index (κ3) is 1.40. The van der Waals surface area contributed by atoms with Crippen molar-refractivity contribution in [2.24, 2.45) is 10.7 Å². The molecule has 5 nitrogen and oxygen atoms in total. The van der Waals surface area contributed by atoms with Crippen LogP contribution in [0, 0.1) is 0 Å². The Morgan fingerprint density at radius 2 is 2.00 bits per heavy atom. The number of carbonyl (C=O) groups is 1. The van der Waals surface area contributed by atoms with E-state index < -0.39 is 17.3 Å². The zero-order valence-corrected chi connectivity index (χ0v) is 10.3. The molecule has 0 saturated heterocycles. The molecule has 0 bridgehead atoms. The van der Waals surface area contributed by atoms with Gasteiger partial charge in [-0.05, 0) is 19.9 Å². The molecule has 0 radical (unpaired) electrons. The summed E-state index contributed by atoms with van der Waals surface area (Å²) in [5.74, 6) is 0.887. The number of rotatable bonds is 0. The minimum absolute atomic E-state index is 0.205. The van der Waals surface area contributed by atoms with Crippen molar-refractivity contribution in [2.45, 2.75) is 31.5 Å². The van der Waals surface area contributed by atoms with Crippen molar-refractivity contribution in [2.75, 3.05) is 0 Å². The van der Waals surface area contributed by atoms with Crippen LogP contribution < -0.4 is 10.5 Å². The molecule has 1 aromatic rings. The van der Waals surface area contributed by atoms with Gasteiger partial charge in [-0.2, -0.15) is 4.99 Å². The second kappa shape index (κ2) is 3.25. The molecule has 1 unspecified atom stereocenters. The van der Waals surface area contributed by atoms with Gasteiger partial charge in [0, 0.05) is 12.0 Å². The highest BCUT2D eigenvalue weighted by molar-refractivity contribution is 6.03. The Labute approximate surface area is 105 Å². The molecular weight excluding hydrogens is 232 g/mol. The van der Waals surface area contributed by atoms with Gasteiger partial charge in [-0.15, -0.1) is 0 Å². The predicted molar refractivity (Wildman–Crippen MR) is 65.5 cm³/mol. The fourth-order valence-electron chi connectivity index (χ4n) is 2.65. The summed E-state index contributed by atoms with van der Waals surface area (Å²) in [6.07, 6.45) is -0.182. The number of carbonyl (C=O) groups excluding carboxylic acids is 1. The van der Waals surface area contributed by atoms with Crippen LogP contribution in [0.3, 0.4) is 0 Å². The van der Waals surface area contributed by atoms with Crippen LogP contribution in [-0.2, 0) is 10.3 Å². The highest BCUT2D eigenvalue weighted by Gasteiger charge is 2.54. The van der Waals surface area contributed by atoms with Crippen LogP contribution in [0.1, 0.15) is 25.8 Å². The molecule has 1 amide bonds. The first-order valence-corrected chi connectivity index (χ1v) is 5.79. The highest BCUT2D eigenvalue weighted by atomic mass is 16.6. The second-order valence-corrected chi connectivity index (χ2v) is 5.23. The Morgan fingerprint density at radius 1 is 1.28 bits per heavy atom. The predicted octanol–water partition coefficient (Wildman–Crippen LogP) is 1.95. The van der Waals surface area contributed by atoms with Crippen molar-refractivity contribution >= 4 is 11.9 Å². The lowest BCUT2D eigenvalue weighted by Gasteiger charge is -2.42. The Balaban J connectivity index is 2.22. The van der Waals surface area contributed by atoms with E-state index in [0.717, 1.165) is 5.56 Å². The number of nitrogens with two attached hydrogens (primary N) is 1. The quantitative estimate of drug-likeness (QED) is 0.759. The third-order valence-corrected chi connectivity index (χ3v) is 3.27. The molecule has 1 spiro atoms. The average molecular weight is 246 g/mol. The number of hydrogen-bond acceptors (Lipinski definition) is 4. The molecule has 3 rings (SSSR count). The molecule has 18 heavy (non-hydrogen) atoms. The Kier molecular flexibility index (Phi) is 2.00. The van der Waals surface area contributed by atoms with Crippen molar-refractivity contribution in [1.29, 1.82) is 0 Å². The minimum Gasteiger partial charge on any atom is -0.487 e. The van der Waals surface area contributed by atoms with Gasteiger partial charge in [0.2, 0.25) is 5.60 Å². The fraction of sp³-hybridized carbons (Fsp3) is 0.385. The van der Waals surface area contributed by atoms with Crippen molar-refractivity contribution in [3.05, 3.63) is 29.8 Å². The van der Waals surface area contributed by atoms with Gasteiger partial charge < -0.3 is 15.2 Å². The van der Waals surface area contributed by atoms with E-state index in [1.807, 2.05) is 38.1 Å². The van der Waals surface area contributed by atoms with Gasteiger partial charge in [0.25, 0.3) is 0 Å². The topological polar surface area (TPSA) is 73.9 Å². The maximum atomic E-state index is 11.4. The first kappa shape index (κ1) is 11.1. The van der Waals surface area contributed by atoms with E-state index in [1.165, 1.54) is 0 Å². The largest absolute Gasteiger partial charge is 0.487 e. The molecule has 0 aliphatic carbocycles. The number of para-hydroxylation sites is 1. The molecule has 5 heteroatoms. The molecule has 2 aliphatic rings. The number of aliphatic imine (C=N–C) groups is 1. The van der Waals surface area contributed by atoms with Gasteiger partial charge >= 0.3 is 6.09 Å². The van der Waals surface area contributed by atoms with Crippen LogP contribution in [0.2, 0.25) is 0 Å². The van der Waals surface area contributed by atoms with Gasteiger partial charge in [0.1, 0.15) is 11.4 Å². The van der Waals surface area contributed by atoms with Crippen molar-refractivity contribution in [1.82, 2.24) is 0 Å². The van der Waals surface area contributed by atoms with E-state index >= 15 is 0 Å². The number of nitrogens with zero attached hydrogens (tertiary/aromatic N) is 1. The summed E-state index contributed by atoms with van der Waals surface area (Å²) >= 11 is 0. The van der Waals surface area contributed by atoms with Crippen LogP contribution in [0.4, 0.5) is 4.79 Å². The summed E-state index contributed by atoms with van der Waals surface area (Å²) in [6, 6.07) is 7.43. The van der Waals surface area contributed by atoms with Gasteiger partial charge in [0.15, 0.2) is 5.84 Å². The van der Waals surface area contributed by atoms with E-state index in [0.29, 0.717) is 12.2 Å². The lowest BCUT2D eigenvalue weighted by atomic mass is 9.79. The Bertz CT molecular complexity index is 565.